The van der Waals surface area contributed by atoms with Crippen molar-refractivity contribution in [3.63, 3.8) is 0 Å². The van der Waals surface area contributed by atoms with Crippen LogP contribution >= 0.6 is 0 Å². The van der Waals surface area contributed by atoms with E-state index in [0.717, 1.165) is 6.42 Å². The lowest BCUT2D eigenvalue weighted by molar-refractivity contribution is 0.0575. The molecule has 1 unspecified atom stereocenters. The minimum absolute atomic E-state index is 0.436. The molecule has 1 N–H and O–H groups in total. The fourth-order valence-electron chi connectivity index (χ4n) is 1.98. The zero-order valence-corrected chi connectivity index (χ0v) is 10.2. The second-order valence-corrected chi connectivity index (χ2v) is 5.28. The molecule has 1 nitrogen and oxygen atoms in total. The third-order valence-electron chi connectivity index (χ3n) is 2.75. The average molecular weight is 206 g/mol. The van der Waals surface area contributed by atoms with Crippen molar-refractivity contribution in [3.8, 4) is 0 Å². The predicted octanol–water partition coefficient (Wildman–Crippen LogP) is 3.59. The Morgan fingerprint density at radius 2 is 1.67 bits per heavy atom. The molecule has 0 heterocycles. The molecular weight excluding hydrogens is 184 g/mol. The monoisotopic (exact) mass is 206 g/mol. The highest BCUT2D eigenvalue weighted by molar-refractivity contribution is 5.20. The normalized spacial score (nSPS) is 14.3. The molecule has 15 heavy (non-hydrogen) atoms. The molecular formula is C14H22O. The summed E-state index contributed by atoms with van der Waals surface area (Å²) in [5.41, 5.74) is 0.736. The lowest BCUT2D eigenvalue weighted by Crippen LogP contribution is -2.24. The van der Waals surface area contributed by atoms with Gasteiger partial charge in [-0.15, -0.1) is 0 Å². The third kappa shape index (κ3) is 4.05. The van der Waals surface area contributed by atoms with E-state index in [0.29, 0.717) is 11.8 Å². The first kappa shape index (κ1) is 12.3. The largest absolute Gasteiger partial charge is 0.390 e. The first-order valence-electron chi connectivity index (χ1n) is 5.67. The molecule has 1 heteroatoms. The van der Waals surface area contributed by atoms with E-state index in [1.54, 1.807) is 0 Å². The lowest BCUT2D eigenvalue weighted by Gasteiger charge is -2.28. The van der Waals surface area contributed by atoms with Crippen molar-refractivity contribution in [2.45, 2.75) is 45.6 Å². The van der Waals surface area contributed by atoms with Crippen LogP contribution in [0, 0.1) is 5.92 Å². The summed E-state index contributed by atoms with van der Waals surface area (Å²) >= 11 is 0. The second-order valence-electron chi connectivity index (χ2n) is 5.28. The number of hydrogen-bond donors (Lipinski definition) is 1. The van der Waals surface area contributed by atoms with Gasteiger partial charge in [-0.05, 0) is 37.7 Å². The van der Waals surface area contributed by atoms with Crippen molar-refractivity contribution in [2.24, 2.45) is 5.92 Å². The van der Waals surface area contributed by atoms with Gasteiger partial charge in [0, 0.05) is 0 Å². The van der Waals surface area contributed by atoms with Crippen molar-refractivity contribution in [2.75, 3.05) is 0 Å². The Balaban J connectivity index is 2.85. The Bertz CT molecular complexity index is 282. The zero-order chi connectivity index (χ0) is 11.5. The summed E-state index contributed by atoms with van der Waals surface area (Å²) in [6, 6.07) is 10.5. The Kier molecular flexibility index (Phi) is 3.92. The molecule has 0 fully saturated rings. The highest BCUT2D eigenvalue weighted by atomic mass is 16.3. The van der Waals surface area contributed by atoms with Crippen LogP contribution in [-0.2, 0) is 0 Å². The van der Waals surface area contributed by atoms with E-state index < -0.39 is 5.60 Å². The molecule has 0 aromatic heterocycles. The summed E-state index contributed by atoms with van der Waals surface area (Å²) in [6.45, 7) is 8.18. The molecule has 0 saturated carbocycles. The molecule has 0 spiro atoms. The standard InChI is InChI=1S/C14H22O/c1-11(2)13(10-14(3,4)15)12-8-6-5-7-9-12/h5-9,11,13,15H,10H2,1-4H3. The Labute approximate surface area is 93.1 Å². The maximum atomic E-state index is 9.90. The van der Waals surface area contributed by atoms with Crippen LogP contribution in [0.3, 0.4) is 0 Å². The van der Waals surface area contributed by atoms with E-state index in [1.165, 1.54) is 5.56 Å². The van der Waals surface area contributed by atoms with Gasteiger partial charge in [-0.25, -0.2) is 0 Å². The summed E-state index contributed by atoms with van der Waals surface area (Å²) in [7, 11) is 0. The van der Waals surface area contributed by atoms with Crippen molar-refractivity contribution in [1.29, 1.82) is 0 Å². The topological polar surface area (TPSA) is 20.2 Å². The molecule has 1 aromatic carbocycles. The van der Waals surface area contributed by atoms with Crippen molar-refractivity contribution in [1.82, 2.24) is 0 Å². The SMILES string of the molecule is CC(C)C(CC(C)(C)O)c1ccccc1. The minimum Gasteiger partial charge on any atom is -0.390 e. The molecule has 0 bridgehead atoms. The fourth-order valence-corrected chi connectivity index (χ4v) is 1.98. The van der Waals surface area contributed by atoms with Gasteiger partial charge in [0.05, 0.1) is 5.60 Å². The Morgan fingerprint density at radius 3 is 2.07 bits per heavy atom. The molecule has 0 radical (unpaired) electrons. The van der Waals surface area contributed by atoms with E-state index >= 15 is 0 Å². The van der Waals surface area contributed by atoms with Crippen LogP contribution in [-0.4, -0.2) is 10.7 Å². The maximum Gasteiger partial charge on any atom is 0.0597 e. The van der Waals surface area contributed by atoms with Gasteiger partial charge in [0.2, 0.25) is 0 Å². The molecule has 1 atom stereocenters. The average Bonchev–Trinajstić information content (AvgIpc) is 2.14. The number of rotatable bonds is 4. The fraction of sp³-hybridized carbons (Fsp3) is 0.571. The van der Waals surface area contributed by atoms with E-state index in [2.05, 4.69) is 38.1 Å². The first-order chi connectivity index (χ1) is 6.90. The number of benzene rings is 1. The van der Waals surface area contributed by atoms with E-state index in [-0.39, 0.29) is 0 Å². The molecule has 1 aromatic rings. The Morgan fingerprint density at radius 1 is 1.13 bits per heavy atom. The van der Waals surface area contributed by atoms with Gasteiger partial charge >= 0.3 is 0 Å². The van der Waals surface area contributed by atoms with Crippen LogP contribution in [0.25, 0.3) is 0 Å². The molecule has 1 rings (SSSR count). The van der Waals surface area contributed by atoms with E-state index in [9.17, 15) is 5.11 Å². The van der Waals surface area contributed by atoms with Crippen molar-refractivity contribution >= 4 is 0 Å². The maximum absolute atomic E-state index is 9.90. The smallest absolute Gasteiger partial charge is 0.0597 e. The lowest BCUT2D eigenvalue weighted by atomic mass is 9.81. The predicted molar refractivity (Wildman–Crippen MR) is 64.9 cm³/mol. The summed E-state index contributed by atoms with van der Waals surface area (Å²) < 4.78 is 0. The van der Waals surface area contributed by atoms with Crippen LogP contribution in [0.2, 0.25) is 0 Å². The summed E-state index contributed by atoms with van der Waals surface area (Å²) in [4.78, 5) is 0. The van der Waals surface area contributed by atoms with Gasteiger partial charge in [-0.2, -0.15) is 0 Å². The number of hydrogen-bond acceptors (Lipinski definition) is 1. The van der Waals surface area contributed by atoms with E-state index in [4.69, 9.17) is 0 Å². The quantitative estimate of drug-likeness (QED) is 0.798. The van der Waals surface area contributed by atoms with Crippen LogP contribution in [0.4, 0.5) is 0 Å². The van der Waals surface area contributed by atoms with Crippen molar-refractivity contribution < 1.29 is 5.11 Å². The molecule has 0 amide bonds. The molecule has 0 aliphatic rings. The Hall–Kier alpha value is -0.820. The van der Waals surface area contributed by atoms with Crippen LogP contribution < -0.4 is 0 Å². The summed E-state index contributed by atoms with van der Waals surface area (Å²) in [6.07, 6.45) is 0.814. The van der Waals surface area contributed by atoms with Crippen LogP contribution in [0.5, 0.6) is 0 Å². The highest BCUT2D eigenvalue weighted by Crippen LogP contribution is 2.32. The van der Waals surface area contributed by atoms with Gasteiger partial charge in [0.1, 0.15) is 0 Å². The summed E-state index contributed by atoms with van der Waals surface area (Å²) in [5.74, 6) is 0.991. The number of aliphatic hydroxyl groups is 1. The van der Waals surface area contributed by atoms with Gasteiger partial charge in [0.15, 0.2) is 0 Å². The van der Waals surface area contributed by atoms with E-state index in [1.807, 2.05) is 19.9 Å². The van der Waals surface area contributed by atoms with Crippen LogP contribution in [0.1, 0.15) is 45.6 Å². The first-order valence-corrected chi connectivity index (χ1v) is 5.67. The molecule has 0 aliphatic carbocycles. The zero-order valence-electron chi connectivity index (χ0n) is 10.2. The molecule has 0 aliphatic heterocycles. The molecule has 0 saturated heterocycles. The van der Waals surface area contributed by atoms with Gasteiger partial charge in [0.25, 0.3) is 0 Å². The van der Waals surface area contributed by atoms with Crippen LogP contribution in [0.15, 0.2) is 30.3 Å². The highest BCUT2D eigenvalue weighted by Gasteiger charge is 2.23. The molecule has 84 valence electrons. The van der Waals surface area contributed by atoms with Gasteiger partial charge < -0.3 is 5.11 Å². The van der Waals surface area contributed by atoms with Gasteiger partial charge in [-0.1, -0.05) is 44.2 Å². The third-order valence-corrected chi connectivity index (χ3v) is 2.75. The second kappa shape index (κ2) is 4.80. The summed E-state index contributed by atoms with van der Waals surface area (Å²) in [5, 5.41) is 9.90. The minimum atomic E-state index is -0.592. The van der Waals surface area contributed by atoms with Crippen molar-refractivity contribution in [3.05, 3.63) is 35.9 Å². The van der Waals surface area contributed by atoms with Gasteiger partial charge in [-0.3, -0.25) is 0 Å².